The summed E-state index contributed by atoms with van der Waals surface area (Å²) in [6.07, 6.45) is -0.466. The van der Waals surface area contributed by atoms with Gasteiger partial charge < -0.3 is 10.4 Å². The zero-order valence-electron chi connectivity index (χ0n) is 9.26. The molecule has 0 rings (SSSR count). The zero-order valence-corrected chi connectivity index (χ0v) is 10.1. The molecule has 0 heterocycles. The van der Waals surface area contributed by atoms with Crippen LogP contribution in [0.5, 0.6) is 0 Å². The van der Waals surface area contributed by atoms with Crippen molar-refractivity contribution in [3.8, 4) is 0 Å². The maximum absolute atomic E-state index is 11.6. The Morgan fingerprint density at radius 2 is 1.94 bits per heavy atom. The topological polar surface area (TPSA) is 104 Å². The molecule has 16 heavy (non-hydrogen) atoms. The lowest BCUT2D eigenvalue weighted by Crippen LogP contribution is -2.40. The monoisotopic (exact) mass is 252 g/mol. The molecular formula is C8H16N2O5S. The van der Waals surface area contributed by atoms with E-state index in [-0.39, 0.29) is 13.1 Å². The van der Waals surface area contributed by atoms with Gasteiger partial charge in [-0.3, -0.25) is 9.59 Å². The second kappa shape index (κ2) is 6.44. The summed E-state index contributed by atoms with van der Waals surface area (Å²) >= 11 is 0. The zero-order chi connectivity index (χ0) is 12.8. The molecule has 8 heteroatoms. The van der Waals surface area contributed by atoms with E-state index in [4.69, 9.17) is 5.11 Å². The highest BCUT2D eigenvalue weighted by atomic mass is 32.2. The third-order valence-electron chi connectivity index (χ3n) is 1.92. The molecule has 0 fully saturated rings. The van der Waals surface area contributed by atoms with Crippen LogP contribution >= 0.6 is 0 Å². The summed E-state index contributed by atoms with van der Waals surface area (Å²) in [4.78, 5) is 21.3. The quantitative estimate of drug-likeness (QED) is 0.596. The first-order chi connectivity index (χ1) is 7.33. The molecule has 0 aliphatic heterocycles. The molecule has 0 radical (unpaired) electrons. The molecule has 0 aliphatic carbocycles. The molecule has 0 aromatic rings. The number of amides is 1. The third-order valence-corrected chi connectivity index (χ3v) is 3.81. The number of nitrogens with one attached hydrogen (secondary N) is 1. The van der Waals surface area contributed by atoms with Crippen molar-refractivity contribution < 1.29 is 23.1 Å². The number of carbonyl (C=O) groups is 2. The van der Waals surface area contributed by atoms with Gasteiger partial charge in [0, 0.05) is 13.6 Å². The van der Waals surface area contributed by atoms with Crippen LogP contribution in [0, 0.1) is 0 Å². The molecule has 0 aromatic heterocycles. The summed E-state index contributed by atoms with van der Waals surface area (Å²) in [5, 5.41) is 10.7. The molecule has 0 unspecified atom stereocenters. The Morgan fingerprint density at radius 3 is 2.31 bits per heavy atom. The van der Waals surface area contributed by atoms with Crippen LogP contribution in [0.15, 0.2) is 0 Å². The normalized spacial score (nSPS) is 11.4. The summed E-state index contributed by atoms with van der Waals surface area (Å²) in [5.41, 5.74) is 0. The van der Waals surface area contributed by atoms with E-state index in [1.807, 2.05) is 0 Å². The maximum atomic E-state index is 11.6. The van der Waals surface area contributed by atoms with Gasteiger partial charge in [0.15, 0.2) is 0 Å². The first-order valence-corrected chi connectivity index (χ1v) is 6.34. The van der Waals surface area contributed by atoms with Gasteiger partial charge in [0.1, 0.15) is 0 Å². The van der Waals surface area contributed by atoms with Crippen LogP contribution in [0.1, 0.15) is 13.3 Å². The van der Waals surface area contributed by atoms with E-state index in [1.54, 1.807) is 6.92 Å². The van der Waals surface area contributed by atoms with Crippen molar-refractivity contribution in [2.24, 2.45) is 0 Å². The lowest BCUT2D eigenvalue weighted by atomic mass is 10.5. The number of rotatable bonds is 7. The Balaban J connectivity index is 4.55. The van der Waals surface area contributed by atoms with Gasteiger partial charge in [-0.1, -0.05) is 6.92 Å². The number of hydrogen-bond acceptors (Lipinski definition) is 4. The SMILES string of the molecule is CCN(CC(=O)NC)S(=O)(=O)CCC(=O)O. The van der Waals surface area contributed by atoms with Gasteiger partial charge in [-0.25, -0.2) is 8.42 Å². The summed E-state index contributed by atoms with van der Waals surface area (Å²) in [6.45, 7) is 1.44. The molecule has 0 bridgehead atoms. The molecule has 0 spiro atoms. The smallest absolute Gasteiger partial charge is 0.304 e. The van der Waals surface area contributed by atoms with E-state index in [2.05, 4.69) is 5.32 Å². The van der Waals surface area contributed by atoms with Gasteiger partial charge in [0.2, 0.25) is 15.9 Å². The standard InChI is InChI=1S/C8H16N2O5S/c1-3-10(6-7(11)9-2)16(14,15)5-4-8(12)13/h3-6H2,1-2H3,(H,9,11)(H,12,13). The van der Waals surface area contributed by atoms with E-state index >= 15 is 0 Å². The highest BCUT2D eigenvalue weighted by Crippen LogP contribution is 2.02. The Labute approximate surface area is 94.5 Å². The van der Waals surface area contributed by atoms with Crippen molar-refractivity contribution in [2.45, 2.75) is 13.3 Å². The van der Waals surface area contributed by atoms with E-state index in [0.717, 1.165) is 4.31 Å². The Bertz CT molecular complexity index is 351. The van der Waals surface area contributed by atoms with Gasteiger partial charge in [0.05, 0.1) is 18.7 Å². The van der Waals surface area contributed by atoms with E-state index in [0.29, 0.717) is 0 Å². The van der Waals surface area contributed by atoms with E-state index in [9.17, 15) is 18.0 Å². The molecule has 0 saturated carbocycles. The van der Waals surface area contributed by atoms with Crippen molar-refractivity contribution in [2.75, 3.05) is 25.9 Å². The second-order valence-corrected chi connectivity index (χ2v) is 5.15. The fourth-order valence-electron chi connectivity index (χ4n) is 0.991. The first kappa shape index (κ1) is 14.8. The Kier molecular flexibility index (Phi) is 5.97. The molecule has 94 valence electrons. The average Bonchev–Trinajstić information content (AvgIpc) is 2.22. The molecule has 7 nitrogen and oxygen atoms in total. The van der Waals surface area contributed by atoms with Gasteiger partial charge in [0.25, 0.3) is 0 Å². The molecule has 0 aromatic carbocycles. The van der Waals surface area contributed by atoms with Gasteiger partial charge in [-0.15, -0.1) is 0 Å². The maximum Gasteiger partial charge on any atom is 0.304 e. The minimum atomic E-state index is -3.68. The molecule has 0 aliphatic rings. The third kappa shape index (κ3) is 5.08. The average molecular weight is 252 g/mol. The molecule has 0 atom stereocenters. The molecule has 0 saturated heterocycles. The van der Waals surface area contributed by atoms with Crippen LogP contribution in [-0.2, 0) is 19.6 Å². The number of aliphatic carboxylic acids is 1. The number of hydrogen-bond donors (Lipinski definition) is 2. The molecule has 2 N–H and O–H groups in total. The van der Waals surface area contributed by atoms with Crippen LogP contribution in [0.25, 0.3) is 0 Å². The predicted octanol–water partition coefficient (Wildman–Crippen LogP) is -1.14. The first-order valence-electron chi connectivity index (χ1n) is 4.73. The van der Waals surface area contributed by atoms with Crippen molar-refractivity contribution in [1.82, 2.24) is 9.62 Å². The Hall–Kier alpha value is -1.15. The van der Waals surface area contributed by atoms with Crippen LogP contribution in [0.3, 0.4) is 0 Å². The van der Waals surface area contributed by atoms with Crippen LogP contribution < -0.4 is 5.32 Å². The van der Waals surface area contributed by atoms with E-state index < -0.39 is 34.1 Å². The fourth-order valence-corrected chi connectivity index (χ4v) is 2.39. The summed E-state index contributed by atoms with van der Waals surface area (Å²) in [6, 6.07) is 0. The van der Waals surface area contributed by atoms with Crippen molar-refractivity contribution in [3.63, 3.8) is 0 Å². The van der Waals surface area contributed by atoms with Crippen LogP contribution in [0.4, 0.5) is 0 Å². The minimum Gasteiger partial charge on any atom is -0.481 e. The number of nitrogens with zero attached hydrogens (tertiary/aromatic N) is 1. The summed E-state index contributed by atoms with van der Waals surface area (Å²) < 4.78 is 24.2. The largest absolute Gasteiger partial charge is 0.481 e. The summed E-state index contributed by atoms with van der Waals surface area (Å²) in [7, 11) is -2.28. The number of carbonyl (C=O) groups excluding carboxylic acids is 1. The van der Waals surface area contributed by atoms with Crippen molar-refractivity contribution in [1.29, 1.82) is 0 Å². The van der Waals surface area contributed by atoms with Crippen molar-refractivity contribution in [3.05, 3.63) is 0 Å². The van der Waals surface area contributed by atoms with Gasteiger partial charge in [-0.05, 0) is 0 Å². The highest BCUT2D eigenvalue weighted by molar-refractivity contribution is 7.89. The lowest BCUT2D eigenvalue weighted by Gasteiger charge is -2.18. The Morgan fingerprint density at radius 1 is 1.38 bits per heavy atom. The lowest BCUT2D eigenvalue weighted by molar-refractivity contribution is -0.136. The predicted molar refractivity (Wildman–Crippen MR) is 57.4 cm³/mol. The van der Waals surface area contributed by atoms with Crippen LogP contribution in [0.2, 0.25) is 0 Å². The summed E-state index contributed by atoms with van der Waals surface area (Å²) in [5.74, 6) is -2.10. The minimum absolute atomic E-state index is 0.134. The van der Waals surface area contributed by atoms with Gasteiger partial charge >= 0.3 is 5.97 Å². The molecule has 1 amide bonds. The second-order valence-electron chi connectivity index (χ2n) is 3.06. The number of carboxylic acid groups (broad SMARTS) is 1. The number of likely N-dealkylation sites (N-methyl/N-ethyl adjacent to an activating group) is 2. The van der Waals surface area contributed by atoms with Gasteiger partial charge in [-0.2, -0.15) is 4.31 Å². The van der Waals surface area contributed by atoms with Crippen molar-refractivity contribution >= 4 is 21.9 Å². The number of carboxylic acids is 1. The molecular weight excluding hydrogens is 236 g/mol. The number of sulfonamides is 1. The fraction of sp³-hybridized carbons (Fsp3) is 0.750. The van der Waals surface area contributed by atoms with Crippen LogP contribution in [-0.4, -0.2) is 55.6 Å². The highest BCUT2D eigenvalue weighted by Gasteiger charge is 2.23. The van der Waals surface area contributed by atoms with E-state index in [1.165, 1.54) is 7.05 Å².